The van der Waals surface area contributed by atoms with E-state index in [0.717, 1.165) is 30.0 Å². The average Bonchev–Trinajstić information content (AvgIpc) is 2.52. The van der Waals surface area contributed by atoms with Crippen molar-refractivity contribution in [3.05, 3.63) is 59.8 Å². The molecule has 0 amide bonds. The van der Waals surface area contributed by atoms with Crippen LogP contribution in [0.2, 0.25) is 0 Å². The van der Waals surface area contributed by atoms with Gasteiger partial charge < -0.3 is 10.1 Å². The van der Waals surface area contributed by atoms with Gasteiger partial charge in [0.2, 0.25) is 0 Å². The first-order valence-electron chi connectivity index (χ1n) is 6.73. The molecule has 0 fully saturated rings. The molecule has 3 heteroatoms. The Balaban J connectivity index is 1.90. The smallest absolute Gasteiger partial charge is 0.127 e. The van der Waals surface area contributed by atoms with E-state index in [-0.39, 0.29) is 0 Å². The maximum absolute atomic E-state index is 5.34. The van der Waals surface area contributed by atoms with Crippen LogP contribution in [0, 0.1) is 11.8 Å². The van der Waals surface area contributed by atoms with E-state index in [2.05, 4.69) is 29.1 Å². The molecule has 1 heterocycles. The van der Waals surface area contributed by atoms with Crippen LogP contribution in [0.3, 0.4) is 0 Å². The highest BCUT2D eigenvalue weighted by molar-refractivity contribution is 5.44. The van der Waals surface area contributed by atoms with Crippen molar-refractivity contribution in [2.45, 2.75) is 13.3 Å². The molecule has 0 atom stereocenters. The molecule has 0 radical (unpaired) electrons. The first kappa shape index (κ1) is 14.1. The number of hydrogen-bond donors (Lipinski definition) is 1. The summed E-state index contributed by atoms with van der Waals surface area (Å²) in [6.45, 7) is 3.32. The Morgan fingerprint density at radius 1 is 1.05 bits per heavy atom. The average molecular weight is 266 g/mol. The van der Waals surface area contributed by atoms with Gasteiger partial charge in [-0.3, -0.25) is 0 Å². The summed E-state index contributed by atoms with van der Waals surface area (Å²) in [7, 11) is 0. The second-order valence-corrected chi connectivity index (χ2v) is 4.28. The van der Waals surface area contributed by atoms with Gasteiger partial charge in [0.25, 0.3) is 0 Å². The van der Waals surface area contributed by atoms with Crippen LogP contribution in [0.5, 0.6) is 0 Å². The van der Waals surface area contributed by atoms with E-state index in [4.69, 9.17) is 4.74 Å². The highest BCUT2D eigenvalue weighted by Crippen LogP contribution is 2.04. The highest BCUT2D eigenvalue weighted by Gasteiger charge is 1.93. The number of nitrogens with one attached hydrogen (secondary N) is 1. The number of anilines is 1. The number of aromatic nitrogens is 1. The Bertz CT molecular complexity index is 567. The predicted molar refractivity (Wildman–Crippen MR) is 81.4 cm³/mol. The first-order chi connectivity index (χ1) is 9.88. The molecule has 0 aliphatic carbocycles. The normalized spacial score (nSPS) is 9.65. The zero-order valence-electron chi connectivity index (χ0n) is 11.6. The monoisotopic (exact) mass is 266 g/mol. The van der Waals surface area contributed by atoms with Crippen molar-refractivity contribution >= 4 is 5.82 Å². The van der Waals surface area contributed by atoms with Gasteiger partial charge in [0.15, 0.2) is 0 Å². The molecule has 1 aromatic carbocycles. The van der Waals surface area contributed by atoms with Gasteiger partial charge in [-0.2, -0.15) is 0 Å². The topological polar surface area (TPSA) is 34.1 Å². The second-order valence-electron chi connectivity index (χ2n) is 4.28. The Hall–Kier alpha value is -2.31. The molecule has 0 unspecified atom stereocenters. The number of pyridine rings is 1. The Labute approximate surface area is 120 Å². The van der Waals surface area contributed by atoms with Gasteiger partial charge in [0, 0.05) is 23.9 Å². The van der Waals surface area contributed by atoms with Gasteiger partial charge >= 0.3 is 0 Å². The summed E-state index contributed by atoms with van der Waals surface area (Å²) in [5.74, 6) is 7.00. The maximum Gasteiger partial charge on any atom is 0.127 e. The summed E-state index contributed by atoms with van der Waals surface area (Å²) < 4.78 is 5.34. The third-order valence-corrected chi connectivity index (χ3v) is 2.59. The fourth-order valence-corrected chi connectivity index (χ4v) is 1.58. The fraction of sp³-hybridized carbons (Fsp3) is 0.235. The summed E-state index contributed by atoms with van der Waals surface area (Å²) in [6, 6.07) is 13.8. The van der Waals surface area contributed by atoms with Crippen molar-refractivity contribution in [3.63, 3.8) is 0 Å². The van der Waals surface area contributed by atoms with Gasteiger partial charge in [0.05, 0.1) is 0 Å². The number of benzene rings is 1. The minimum Gasteiger partial charge on any atom is -0.361 e. The lowest BCUT2D eigenvalue weighted by Crippen LogP contribution is -2.07. The van der Waals surface area contributed by atoms with E-state index in [1.54, 1.807) is 6.20 Å². The van der Waals surface area contributed by atoms with E-state index in [0.29, 0.717) is 6.73 Å². The minimum absolute atomic E-state index is 0.482. The molecule has 0 saturated heterocycles. The first-order valence-corrected chi connectivity index (χ1v) is 6.73. The Kier molecular flexibility index (Phi) is 5.63. The van der Waals surface area contributed by atoms with Gasteiger partial charge in [-0.25, -0.2) is 4.98 Å². The molecule has 2 rings (SSSR count). The minimum atomic E-state index is 0.482. The van der Waals surface area contributed by atoms with Gasteiger partial charge in [0.1, 0.15) is 12.5 Å². The molecule has 0 spiro atoms. The molecule has 0 saturated carbocycles. The van der Waals surface area contributed by atoms with E-state index < -0.39 is 0 Å². The van der Waals surface area contributed by atoms with Crippen molar-refractivity contribution in [2.24, 2.45) is 0 Å². The van der Waals surface area contributed by atoms with Crippen molar-refractivity contribution in [3.8, 4) is 11.8 Å². The third-order valence-electron chi connectivity index (χ3n) is 2.59. The lowest BCUT2D eigenvalue weighted by molar-refractivity contribution is 0.152. The quantitative estimate of drug-likeness (QED) is 0.512. The number of nitrogens with zero attached hydrogens (tertiary/aromatic N) is 1. The fourth-order valence-electron chi connectivity index (χ4n) is 1.58. The van der Waals surface area contributed by atoms with Gasteiger partial charge in [-0.1, -0.05) is 37.0 Å². The standard InChI is InChI=1S/C17H18N2O/c1-2-12-20-14-19-17-11-10-16(13-18-17)9-8-15-6-4-3-5-7-15/h3-7,10-11,13H,2,12,14H2,1H3,(H,18,19). The molecule has 0 aliphatic rings. The molecule has 1 N–H and O–H groups in total. The molecule has 20 heavy (non-hydrogen) atoms. The Morgan fingerprint density at radius 2 is 1.85 bits per heavy atom. The van der Waals surface area contributed by atoms with Crippen LogP contribution in [-0.2, 0) is 4.74 Å². The largest absolute Gasteiger partial charge is 0.361 e. The molecular weight excluding hydrogens is 248 g/mol. The van der Waals surface area contributed by atoms with Crippen LogP contribution in [0.1, 0.15) is 24.5 Å². The molecule has 102 valence electrons. The summed E-state index contributed by atoms with van der Waals surface area (Å²) >= 11 is 0. The molecule has 1 aromatic heterocycles. The van der Waals surface area contributed by atoms with E-state index in [1.807, 2.05) is 42.5 Å². The lowest BCUT2D eigenvalue weighted by atomic mass is 10.2. The molecular formula is C17H18N2O. The van der Waals surface area contributed by atoms with Crippen molar-refractivity contribution in [1.29, 1.82) is 0 Å². The van der Waals surface area contributed by atoms with Crippen LogP contribution in [0.25, 0.3) is 0 Å². The number of rotatable bonds is 5. The van der Waals surface area contributed by atoms with Crippen LogP contribution >= 0.6 is 0 Å². The van der Waals surface area contributed by atoms with Crippen molar-refractivity contribution in [2.75, 3.05) is 18.7 Å². The van der Waals surface area contributed by atoms with Crippen molar-refractivity contribution in [1.82, 2.24) is 4.98 Å². The molecule has 0 aliphatic heterocycles. The number of ether oxygens (including phenoxy) is 1. The summed E-state index contributed by atoms with van der Waals surface area (Å²) in [5, 5.41) is 3.10. The van der Waals surface area contributed by atoms with Gasteiger partial charge in [-0.05, 0) is 30.7 Å². The molecule has 3 nitrogen and oxygen atoms in total. The molecule has 2 aromatic rings. The van der Waals surface area contributed by atoms with E-state index in [9.17, 15) is 0 Å². The zero-order chi connectivity index (χ0) is 14.0. The summed E-state index contributed by atoms with van der Waals surface area (Å²) in [5.41, 5.74) is 1.90. The summed E-state index contributed by atoms with van der Waals surface area (Å²) in [4.78, 5) is 4.30. The predicted octanol–water partition coefficient (Wildman–Crippen LogP) is 3.28. The zero-order valence-corrected chi connectivity index (χ0v) is 11.6. The van der Waals surface area contributed by atoms with Crippen LogP contribution in [0.4, 0.5) is 5.82 Å². The molecule has 0 bridgehead atoms. The van der Waals surface area contributed by atoms with Crippen LogP contribution in [-0.4, -0.2) is 18.3 Å². The Morgan fingerprint density at radius 3 is 2.55 bits per heavy atom. The SMILES string of the molecule is CCCOCNc1ccc(C#Cc2ccccc2)cn1. The van der Waals surface area contributed by atoms with Crippen molar-refractivity contribution < 1.29 is 4.74 Å². The van der Waals surface area contributed by atoms with Gasteiger partial charge in [-0.15, -0.1) is 0 Å². The van der Waals surface area contributed by atoms with Crippen LogP contribution in [0.15, 0.2) is 48.7 Å². The maximum atomic E-state index is 5.34. The van der Waals surface area contributed by atoms with E-state index in [1.165, 1.54) is 0 Å². The second kappa shape index (κ2) is 7.98. The number of hydrogen-bond acceptors (Lipinski definition) is 3. The third kappa shape index (κ3) is 4.75. The lowest BCUT2D eigenvalue weighted by Gasteiger charge is -2.05. The summed E-state index contributed by atoms with van der Waals surface area (Å²) in [6.07, 6.45) is 2.78. The van der Waals surface area contributed by atoms with Crippen LogP contribution < -0.4 is 5.32 Å². The van der Waals surface area contributed by atoms with E-state index >= 15 is 0 Å². The highest BCUT2D eigenvalue weighted by atomic mass is 16.5.